The molecule has 4 atom stereocenters. The first-order valence-corrected chi connectivity index (χ1v) is 6.77. The number of aliphatic hydroxyl groups is 2. The van der Waals surface area contributed by atoms with Crippen LogP contribution in [0.1, 0.15) is 25.6 Å². The zero-order valence-corrected chi connectivity index (χ0v) is 12.1. The molecule has 118 valence electrons. The van der Waals surface area contributed by atoms with Crippen LogP contribution in [0.3, 0.4) is 0 Å². The van der Waals surface area contributed by atoms with Crippen LogP contribution in [0.15, 0.2) is 15.8 Å². The van der Waals surface area contributed by atoms with Gasteiger partial charge in [0.05, 0.1) is 12.7 Å². The molecule has 8 heteroatoms. The van der Waals surface area contributed by atoms with Crippen LogP contribution in [-0.2, 0) is 9.47 Å². The predicted molar refractivity (Wildman–Crippen MR) is 73.1 cm³/mol. The molecule has 1 aliphatic heterocycles. The van der Waals surface area contributed by atoms with Gasteiger partial charge in [0.15, 0.2) is 6.23 Å². The van der Waals surface area contributed by atoms with Gasteiger partial charge in [-0.15, -0.1) is 0 Å². The van der Waals surface area contributed by atoms with Crippen molar-refractivity contribution in [3.63, 3.8) is 0 Å². The molecule has 0 aromatic carbocycles. The standard InChI is InChI=1S/C13H20N2O6/c1-6(2)20-10-9(17)8(5-16)21-12(10)15-4-7(3)11(18)14-13(15)19/h4,6,8-10,12,16-17H,5H2,1-3H3,(H,14,18,19)/t8-,9?,10?,12-/m1/s1. The fourth-order valence-electron chi connectivity index (χ4n) is 2.33. The first kappa shape index (κ1) is 15.9. The number of H-pyrrole nitrogens is 1. The lowest BCUT2D eigenvalue weighted by molar-refractivity contribution is -0.0930. The highest BCUT2D eigenvalue weighted by Crippen LogP contribution is 2.31. The number of aromatic amines is 1. The number of rotatable bonds is 4. The number of ether oxygens (including phenoxy) is 2. The summed E-state index contributed by atoms with van der Waals surface area (Å²) in [4.78, 5) is 25.5. The third-order valence-corrected chi connectivity index (χ3v) is 3.34. The number of nitrogens with zero attached hydrogens (tertiary/aromatic N) is 1. The third kappa shape index (κ3) is 3.08. The zero-order valence-electron chi connectivity index (χ0n) is 12.1. The van der Waals surface area contributed by atoms with E-state index in [1.165, 1.54) is 10.8 Å². The quantitative estimate of drug-likeness (QED) is 0.650. The highest BCUT2D eigenvalue weighted by Gasteiger charge is 2.46. The van der Waals surface area contributed by atoms with Gasteiger partial charge >= 0.3 is 5.69 Å². The summed E-state index contributed by atoms with van der Waals surface area (Å²) in [6.07, 6.45) is -2.49. The van der Waals surface area contributed by atoms with Crippen molar-refractivity contribution in [3.8, 4) is 0 Å². The maximum absolute atomic E-state index is 11.9. The maximum atomic E-state index is 11.9. The monoisotopic (exact) mass is 300 g/mol. The molecule has 0 radical (unpaired) electrons. The van der Waals surface area contributed by atoms with Crippen molar-refractivity contribution >= 4 is 0 Å². The van der Waals surface area contributed by atoms with Crippen LogP contribution >= 0.6 is 0 Å². The van der Waals surface area contributed by atoms with Crippen molar-refractivity contribution in [2.45, 2.75) is 51.4 Å². The summed E-state index contributed by atoms with van der Waals surface area (Å²) >= 11 is 0. The van der Waals surface area contributed by atoms with Crippen LogP contribution in [0.4, 0.5) is 0 Å². The van der Waals surface area contributed by atoms with Gasteiger partial charge in [0.1, 0.15) is 18.3 Å². The van der Waals surface area contributed by atoms with E-state index in [-0.39, 0.29) is 6.10 Å². The van der Waals surface area contributed by atoms with Crippen LogP contribution in [-0.4, -0.2) is 50.8 Å². The minimum atomic E-state index is -1.07. The smallest absolute Gasteiger partial charge is 0.330 e. The Morgan fingerprint density at radius 3 is 2.71 bits per heavy atom. The molecule has 0 bridgehead atoms. The number of aromatic nitrogens is 2. The molecule has 1 aliphatic rings. The Morgan fingerprint density at radius 2 is 2.14 bits per heavy atom. The van der Waals surface area contributed by atoms with E-state index in [1.807, 2.05) is 0 Å². The minimum absolute atomic E-state index is 0.201. The van der Waals surface area contributed by atoms with Crippen molar-refractivity contribution in [1.82, 2.24) is 9.55 Å². The Kier molecular flexibility index (Phi) is 4.62. The number of nitrogens with one attached hydrogen (secondary N) is 1. The molecule has 2 heterocycles. The molecule has 1 saturated heterocycles. The average Bonchev–Trinajstić information content (AvgIpc) is 2.71. The number of hydrogen-bond acceptors (Lipinski definition) is 6. The lowest BCUT2D eigenvalue weighted by Gasteiger charge is -2.24. The van der Waals surface area contributed by atoms with Crippen molar-refractivity contribution in [2.24, 2.45) is 0 Å². The zero-order chi connectivity index (χ0) is 15.7. The molecule has 2 rings (SSSR count). The molecule has 0 saturated carbocycles. The maximum Gasteiger partial charge on any atom is 0.330 e. The number of aryl methyl sites for hydroxylation is 1. The Balaban J connectivity index is 2.42. The van der Waals surface area contributed by atoms with Crippen molar-refractivity contribution in [3.05, 3.63) is 32.6 Å². The Labute approximate surface area is 120 Å². The fourth-order valence-corrected chi connectivity index (χ4v) is 2.33. The fraction of sp³-hybridized carbons (Fsp3) is 0.692. The van der Waals surface area contributed by atoms with Gasteiger partial charge in [-0.25, -0.2) is 4.79 Å². The van der Waals surface area contributed by atoms with E-state index in [4.69, 9.17) is 9.47 Å². The van der Waals surface area contributed by atoms with E-state index >= 15 is 0 Å². The number of hydrogen-bond donors (Lipinski definition) is 3. The minimum Gasteiger partial charge on any atom is -0.394 e. The molecule has 0 amide bonds. The SMILES string of the molecule is Cc1cn([C@@H]2O[C@H](CO)C(O)C2OC(C)C)c(=O)[nH]c1=O. The largest absolute Gasteiger partial charge is 0.394 e. The predicted octanol–water partition coefficient (Wildman–Crippen LogP) is -1.11. The first-order valence-electron chi connectivity index (χ1n) is 6.77. The van der Waals surface area contributed by atoms with Gasteiger partial charge in [0.2, 0.25) is 0 Å². The van der Waals surface area contributed by atoms with E-state index in [2.05, 4.69) is 4.98 Å². The van der Waals surface area contributed by atoms with Crippen molar-refractivity contribution < 1.29 is 19.7 Å². The van der Waals surface area contributed by atoms with Gasteiger partial charge in [-0.2, -0.15) is 0 Å². The average molecular weight is 300 g/mol. The summed E-state index contributed by atoms with van der Waals surface area (Å²) in [6.45, 7) is 4.74. The van der Waals surface area contributed by atoms with Crippen molar-refractivity contribution in [1.29, 1.82) is 0 Å². The van der Waals surface area contributed by atoms with Crippen molar-refractivity contribution in [2.75, 3.05) is 6.61 Å². The van der Waals surface area contributed by atoms with E-state index in [0.717, 1.165) is 0 Å². The summed E-state index contributed by atoms with van der Waals surface area (Å²) in [5.74, 6) is 0. The second-order valence-corrected chi connectivity index (χ2v) is 5.37. The Bertz CT molecular complexity index is 607. The van der Waals surface area contributed by atoms with Crippen LogP contribution in [0.5, 0.6) is 0 Å². The molecule has 3 N–H and O–H groups in total. The first-order chi connectivity index (χ1) is 9.85. The number of aliphatic hydroxyl groups excluding tert-OH is 2. The van der Waals surface area contributed by atoms with E-state index in [9.17, 15) is 19.8 Å². The third-order valence-electron chi connectivity index (χ3n) is 3.34. The molecule has 0 spiro atoms. The summed E-state index contributed by atoms with van der Waals surface area (Å²) in [5, 5.41) is 19.4. The molecule has 1 aromatic rings. The second kappa shape index (κ2) is 6.10. The van der Waals surface area contributed by atoms with Gasteiger partial charge < -0.3 is 19.7 Å². The molecule has 0 aliphatic carbocycles. The molecular formula is C13H20N2O6. The van der Waals surface area contributed by atoms with Gasteiger partial charge in [-0.1, -0.05) is 0 Å². The normalized spacial score (nSPS) is 29.2. The van der Waals surface area contributed by atoms with E-state index < -0.39 is 42.4 Å². The van der Waals surface area contributed by atoms with E-state index in [1.54, 1.807) is 20.8 Å². The van der Waals surface area contributed by atoms with Gasteiger partial charge in [-0.3, -0.25) is 14.3 Å². The summed E-state index contributed by atoms with van der Waals surface area (Å²) in [5.41, 5.74) is -0.794. The molecule has 1 aromatic heterocycles. The lowest BCUT2D eigenvalue weighted by atomic mass is 10.1. The molecule has 8 nitrogen and oxygen atoms in total. The Morgan fingerprint density at radius 1 is 1.48 bits per heavy atom. The van der Waals surface area contributed by atoms with Crippen LogP contribution in [0.2, 0.25) is 0 Å². The van der Waals surface area contributed by atoms with Gasteiger partial charge in [0, 0.05) is 11.8 Å². The molecular weight excluding hydrogens is 280 g/mol. The molecule has 1 fully saturated rings. The highest BCUT2D eigenvalue weighted by atomic mass is 16.6. The van der Waals surface area contributed by atoms with Gasteiger partial charge in [-0.05, 0) is 20.8 Å². The van der Waals surface area contributed by atoms with E-state index in [0.29, 0.717) is 5.56 Å². The van der Waals surface area contributed by atoms with Crippen LogP contribution in [0.25, 0.3) is 0 Å². The summed E-state index contributed by atoms with van der Waals surface area (Å²) < 4.78 is 12.3. The molecule has 21 heavy (non-hydrogen) atoms. The summed E-state index contributed by atoms with van der Waals surface area (Å²) in [7, 11) is 0. The second-order valence-electron chi connectivity index (χ2n) is 5.37. The highest BCUT2D eigenvalue weighted by molar-refractivity contribution is 5.03. The molecule has 2 unspecified atom stereocenters. The summed E-state index contributed by atoms with van der Waals surface area (Å²) in [6, 6.07) is 0. The van der Waals surface area contributed by atoms with Crippen LogP contribution in [0, 0.1) is 6.92 Å². The van der Waals surface area contributed by atoms with Crippen LogP contribution < -0.4 is 11.2 Å². The topological polar surface area (TPSA) is 114 Å². The lowest BCUT2D eigenvalue weighted by Crippen LogP contribution is -2.41. The Hall–Kier alpha value is -1.48. The van der Waals surface area contributed by atoms with Gasteiger partial charge in [0.25, 0.3) is 5.56 Å².